The molecule has 0 aromatic heterocycles. The zero-order chi connectivity index (χ0) is 10.6. The predicted octanol–water partition coefficient (Wildman–Crippen LogP) is 3.41. The lowest BCUT2D eigenvalue weighted by Gasteiger charge is -2.06. The Morgan fingerprint density at radius 1 is 1.29 bits per heavy atom. The molecule has 2 heteroatoms. The normalized spacial score (nSPS) is 10.8. The molecule has 0 N–H and O–H groups in total. The maximum Gasteiger partial charge on any atom is 0.150 e. The van der Waals surface area contributed by atoms with Crippen molar-refractivity contribution in [1.29, 1.82) is 0 Å². The van der Waals surface area contributed by atoms with E-state index >= 15 is 0 Å². The number of allylic oxidation sites excluding steroid dienone is 1. The third kappa shape index (κ3) is 2.46. The lowest BCUT2D eigenvalue weighted by molar-refractivity contribution is 0.112. The molecular weight excluding hydrogens is 196 g/mol. The van der Waals surface area contributed by atoms with Crippen molar-refractivity contribution in [2.75, 3.05) is 0 Å². The van der Waals surface area contributed by atoms with Crippen molar-refractivity contribution < 1.29 is 4.79 Å². The maximum atomic E-state index is 10.7. The number of rotatable bonds is 3. The van der Waals surface area contributed by atoms with Gasteiger partial charge in [-0.3, -0.25) is 4.79 Å². The molecule has 1 aromatic rings. The molecule has 0 aliphatic rings. The molecule has 0 radical (unpaired) electrons. The Morgan fingerprint density at radius 2 is 1.86 bits per heavy atom. The first-order valence-corrected chi connectivity index (χ1v) is 4.93. The average molecular weight is 209 g/mol. The summed E-state index contributed by atoms with van der Waals surface area (Å²) in [6.45, 7) is 3.90. The molecule has 0 saturated carbocycles. The second-order valence-electron chi connectivity index (χ2n) is 3.33. The summed E-state index contributed by atoms with van der Waals surface area (Å²) in [4.78, 5) is 10.7. The molecule has 0 spiro atoms. The first-order valence-electron chi connectivity index (χ1n) is 4.49. The van der Waals surface area contributed by atoms with Crippen molar-refractivity contribution in [2.45, 2.75) is 20.3 Å². The van der Waals surface area contributed by atoms with E-state index in [1.807, 2.05) is 32.1 Å². The summed E-state index contributed by atoms with van der Waals surface area (Å²) in [5.74, 6) is 0. The number of aryl methyl sites for hydroxylation is 2. The third-order valence-electron chi connectivity index (χ3n) is 2.21. The summed E-state index contributed by atoms with van der Waals surface area (Å²) in [6, 6.07) is 4.04. The van der Waals surface area contributed by atoms with E-state index in [0.717, 1.165) is 29.4 Å². The smallest absolute Gasteiger partial charge is 0.150 e. The molecule has 0 aliphatic heterocycles. The standard InChI is InChI=1S/C12H13ClO/c1-9-6-11(4-3-5-13)7-10(2)12(9)8-14/h3,5-8H,4H2,1-2H3/b5-3-. The summed E-state index contributed by atoms with van der Waals surface area (Å²) in [5.41, 5.74) is 5.54. The third-order valence-corrected chi connectivity index (χ3v) is 2.39. The average Bonchev–Trinajstić information content (AvgIpc) is 2.14. The quantitative estimate of drug-likeness (QED) is 0.696. The minimum atomic E-state index is 0.795. The molecule has 0 fully saturated rings. The van der Waals surface area contributed by atoms with E-state index in [1.54, 1.807) is 0 Å². The highest BCUT2D eigenvalue weighted by Gasteiger charge is 2.02. The van der Waals surface area contributed by atoms with Crippen LogP contribution < -0.4 is 0 Å². The number of carbonyl (C=O) groups is 1. The Kier molecular flexibility index (Phi) is 3.90. The number of aldehydes is 1. The number of carbonyl (C=O) groups excluding carboxylic acids is 1. The fourth-order valence-electron chi connectivity index (χ4n) is 1.55. The molecule has 0 atom stereocenters. The monoisotopic (exact) mass is 208 g/mol. The Labute approximate surface area is 89.4 Å². The molecule has 0 saturated heterocycles. The predicted molar refractivity (Wildman–Crippen MR) is 60.0 cm³/mol. The highest BCUT2D eigenvalue weighted by molar-refractivity contribution is 6.25. The second-order valence-corrected chi connectivity index (χ2v) is 3.58. The van der Waals surface area contributed by atoms with Gasteiger partial charge in [-0.2, -0.15) is 0 Å². The van der Waals surface area contributed by atoms with E-state index in [9.17, 15) is 4.79 Å². The van der Waals surface area contributed by atoms with Gasteiger partial charge in [0, 0.05) is 11.1 Å². The maximum absolute atomic E-state index is 10.7. The van der Waals surface area contributed by atoms with E-state index < -0.39 is 0 Å². The fraction of sp³-hybridized carbons (Fsp3) is 0.250. The Balaban J connectivity index is 3.07. The first-order chi connectivity index (χ1) is 6.69. The van der Waals surface area contributed by atoms with Gasteiger partial charge in [0.05, 0.1) is 0 Å². The van der Waals surface area contributed by atoms with Crippen molar-refractivity contribution in [3.63, 3.8) is 0 Å². The molecule has 0 bridgehead atoms. The van der Waals surface area contributed by atoms with Gasteiger partial charge in [0.2, 0.25) is 0 Å². The van der Waals surface area contributed by atoms with E-state index in [0.29, 0.717) is 0 Å². The highest BCUT2D eigenvalue weighted by Crippen LogP contribution is 2.15. The topological polar surface area (TPSA) is 17.1 Å². The van der Waals surface area contributed by atoms with Gasteiger partial charge in [-0.1, -0.05) is 29.8 Å². The van der Waals surface area contributed by atoms with Crippen molar-refractivity contribution in [3.05, 3.63) is 46.0 Å². The molecule has 0 heterocycles. The molecule has 1 rings (SSSR count). The summed E-state index contributed by atoms with van der Waals surface area (Å²) in [5, 5.41) is 0. The van der Waals surface area contributed by atoms with Gasteiger partial charge < -0.3 is 0 Å². The van der Waals surface area contributed by atoms with E-state index in [4.69, 9.17) is 11.6 Å². The Morgan fingerprint density at radius 3 is 2.29 bits per heavy atom. The summed E-state index contributed by atoms with van der Waals surface area (Å²) in [7, 11) is 0. The number of hydrogen-bond donors (Lipinski definition) is 0. The largest absolute Gasteiger partial charge is 0.298 e. The molecule has 1 nitrogen and oxygen atoms in total. The lowest BCUT2D eigenvalue weighted by Crippen LogP contribution is -1.94. The Hall–Kier alpha value is -1.08. The van der Waals surface area contributed by atoms with Crippen LogP contribution in [0.4, 0.5) is 0 Å². The van der Waals surface area contributed by atoms with Crippen molar-refractivity contribution >= 4 is 17.9 Å². The number of halogens is 1. The van der Waals surface area contributed by atoms with Crippen LogP contribution in [0.25, 0.3) is 0 Å². The molecular formula is C12H13ClO. The number of benzene rings is 1. The minimum absolute atomic E-state index is 0.795. The van der Waals surface area contributed by atoms with Crippen molar-refractivity contribution in [3.8, 4) is 0 Å². The SMILES string of the molecule is Cc1cc(C/C=C\Cl)cc(C)c1C=O. The van der Waals surface area contributed by atoms with Gasteiger partial charge in [-0.25, -0.2) is 0 Å². The summed E-state index contributed by atoms with van der Waals surface area (Å²) < 4.78 is 0. The van der Waals surface area contributed by atoms with E-state index in [1.165, 1.54) is 11.1 Å². The summed E-state index contributed by atoms with van der Waals surface area (Å²) >= 11 is 5.45. The van der Waals surface area contributed by atoms with Crippen LogP contribution in [0, 0.1) is 13.8 Å². The van der Waals surface area contributed by atoms with Crippen LogP contribution in [0.15, 0.2) is 23.7 Å². The van der Waals surface area contributed by atoms with Gasteiger partial charge in [-0.05, 0) is 37.0 Å². The molecule has 14 heavy (non-hydrogen) atoms. The second kappa shape index (κ2) is 4.97. The number of hydrogen-bond acceptors (Lipinski definition) is 1. The van der Waals surface area contributed by atoms with Gasteiger partial charge in [0.25, 0.3) is 0 Å². The molecule has 74 valence electrons. The highest BCUT2D eigenvalue weighted by atomic mass is 35.5. The molecule has 0 aliphatic carbocycles. The van der Waals surface area contributed by atoms with Crippen LogP contribution in [0.2, 0.25) is 0 Å². The minimum Gasteiger partial charge on any atom is -0.298 e. The lowest BCUT2D eigenvalue weighted by atomic mass is 9.99. The van der Waals surface area contributed by atoms with Crippen LogP contribution in [-0.2, 0) is 6.42 Å². The zero-order valence-electron chi connectivity index (χ0n) is 8.38. The van der Waals surface area contributed by atoms with Crippen LogP contribution in [-0.4, -0.2) is 6.29 Å². The molecule has 0 amide bonds. The van der Waals surface area contributed by atoms with Crippen LogP contribution >= 0.6 is 11.6 Å². The van der Waals surface area contributed by atoms with Gasteiger partial charge in [0.1, 0.15) is 0 Å². The van der Waals surface area contributed by atoms with E-state index in [-0.39, 0.29) is 0 Å². The molecule has 1 aromatic carbocycles. The summed E-state index contributed by atoms with van der Waals surface area (Å²) in [6.07, 6.45) is 3.60. The Bertz CT molecular complexity index is 344. The zero-order valence-corrected chi connectivity index (χ0v) is 9.14. The van der Waals surface area contributed by atoms with Gasteiger partial charge >= 0.3 is 0 Å². The molecule has 0 unspecified atom stereocenters. The fourth-order valence-corrected chi connectivity index (χ4v) is 1.64. The van der Waals surface area contributed by atoms with Crippen LogP contribution in [0.1, 0.15) is 27.0 Å². The van der Waals surface area contributed by atoms with Crippen LogP contribution in [0.5, 0.6) is 0 Å². The van der Waals surface area contributed by atoms with Crippen molar-refractivity contribution in [1.82, 2.24) is 0 Å². The van der Waals surface area contributed by atoms with Gasteiger partial charge in [0.15, 0.2) is 6.29 Å². The van der Waals surface area contributed by atoms with E-state index in [2.05, 4.69) is 0 Å². The van der Waals surface area contributed by atoms with Gasteiger partial charge in [-0.15, -0.1) is 0 Å². The van der Waals surface area contributed by atoms with Crippen LogP contribution in [0.3, 0.4) is 0 Å². The first kappa shape index (κ1) is 11.0. The van der Waals surface area contributed by atoms with Crippen molar-refractivity contribution in [2.24, 2.45) is 0 Å².